The molecule has 0 saturated carbocycles. The highest BCUT2D eigenvalue weighted by atomic mass is 32.2. The van der Waals surface area contributed by atoms with E-state index in [1.54, 1.807) is 18.2 Å². The van der Waals surface area contributed by atoms with Crippen LogP contribution in [0.5, 0.6) is 0 Å². The van der Waals surface area contributed by atoms with Crippen LogP contribution < -0.4 is 0 Å². The van der Waals surface area contributed by atoms with Gasteiger partial charge in [-0.2, -0.15) is 12.6 Å². The maximum atomic E-state index is 12.1. The Labute approximate surface area is 106 Å². The van der Waals surface area contributed by atoms with E-state index in [1.807, 2.05) is 0 Å². The summed E-state index contributed by atoms with van der Waals surface area (Å²) in [6, 6.07) is 6.32. The molecule has 0 N–H and O–H groups in total. The second kappa shape index (κ2) is 4.70. The monoisotopic (exact) mass is 271 g/mol. The van der Waals surface area contributed by atoms with Crippen molar-refractivity contribution in [3.05, 3.63) is 29.8 Å². The molecule has 0 saturated heterocycles. The molecule has 1 aromatic carbocycles. The Morgan fingerprint density at radius 1 is 1.18 bits per heavy atom. The first-order valence-corrected chi connectivity index (χ1v) is 7.43. The van der Waals surface area contributed by atoms with E-state index in [2.05, 4.69) is 12.6 Å². The predicted octanol–water partition coefficient (Wildman–Crippen LogP) is 1.54. The second-order valence-corrected chi connectivity index (χ2v) is 6.09. The zero-order chi connectivity index (χ0) is 12.5. The van der Waals surface area contributed by atoms with Crippen LogP contribution in [0.1, 0.15) is 23.2 Å². The van der Waals surface area contributed by atoms with Gasteiger partial charge >= 0.3 is 0 Å². The summed E-state index contributed by atoms with van der Waals surface area (Å²) in [6.45, 7) is 0.233. The van der Waals surface area contributed by atoms with Gasteiger partial charge in [-0.3, -0.25) is 4.79 Å². The van der Waals surface area contributed by atoms with E-state index in [4.69, 9.17) is 0 Å². The third-order valence-corrected chi connectivity index (χ3v) is 4.84. The van der Waals surface area contributed by atoms with E-state index in [-0.39, 0.29) is 17.0 Å². The van der Waals surface area contributed by atoms with Gasteiger partial charge in [-0.25, -0.2) is 12.7 Å². The molecular formula is C11H13NO3S2. The minimum Gasteiger partial charge on any atom is -0.268 e. The summed E-state index contributed by atoms with van der Waals surface area (Å²) in [6.07, 6.45) is 1.43. The smallest absolute Gasteiger partial charge is 0.268 e. The Balaban J connectivity index is 2.31. The largest absolute Gasteiger partial charge is 0.269 e. The Morgan fingerprint density at radius 2 is 1.88 bits per heavy atom. The van der Waals surface area contributed by atoms with E-state index in [1.165, 1.54) is 6.07 Å². The van der Waals surface area contributed by atoms with Crippen molar-refractivity contribution in [2.45, 2.75) is 17.7 Å². The number of benzene rings is 1. The number of unbranched alkanes of at least 4 members (excludes halogenated alkanes) is 1. The first-order valence-electron chi connectivity index (χ1n) is 5.36. The van der Waals surface area contributed by atoms with Crippen molar-refractivity contribution in [3.8, 4) is 0 Å². The number of amides is 1. The molecule has 6 heteroatoms. The van der Waals surface area contributed by atoms with Crippen LogP contribution in [-0.2, 0) is 10.0 Å². The van der Waals surface area contributed by atoms with Gasteiger partial charge < -0.3 is 0 Å². The summed E-state index contributed by atoms with van der Waals surface area (Å²) in [4.78, 5) is 12.1. The van der Waals surface area contributed by atoms with Crippen LogP contribution in [0.4, 0.5) is 0 Å². The minimum atomic E-state index is -3.62. The normalized spacial score (nSPS) is 17.2. The second-order valence-electron chi connectivity index (χ2n) is 3.81. The molecular weight excluding hydrogens is 258 g/mol. The number of carbonyl (C=O) groups excluding carboxylic acids is 1. The highest BCUT2D eigenvalue weighted by molar-refractivity contribution is 7.90. The summed E-state index contributed by atoms with van der Waals surface area (Å²) < 4.78 is 25.1. The number of hydrogen-bond donors (Lipinski definition) is 1. The molecule has 2 rings (SSSR count). The Hall–Kier alpha value is -1.01. The lowest BCUT2D eigenvalue weighted by atomic mass is 10.2. The Bertz CT molecular complexity index is 539. The molecule has 1 aliphatic rings. The van der Waals surface area contributed by atoms with Crippen molar-refractivity contribution in [3.63, 3.8) is 0 Å². The van der Waals surface area contributed by atoms with Crippen LogP contribution in [0.15, 0.2) is 29.2 Å². The summed E-state index contributed by atoms with van der Waals surface area (Å²) in [5.41, 5.74) is 0.276. The number of nitrogens with zero attached hydrogens (tertiary/aromatic N) is 1. The van der Waals surface area contributed by atoms with Gasteiger partial charge in [0.25, 0.3) is 15.9 Å². The van der Waals surface area contributed by atoms with Gasteiger partial charge in [-0.1, -0.05) is 12.1 Å². The van der Waals surface area contributed by atoms with E-state index in [9.17, 15) is 13.2 Å². The lowest BCUT2D eigenvalue weighted by Crippen LogP contribution is -2.31. The Morgan fingerprint density at radius 3 is 2.53 bits per heavy atom. The van der Waals surface area contributed by atoms with Crippen molar-refractivity contribution in [1.29, 1.82) is 0 Å². The number of fused-ring (bicyclic) bond motifs is 1. The first-order chi connectivity index (χ1) is 8.09. The fourth-order valence-corrected chi connectivity index (χ4v) is 3.65. The lowest BCUT2D eigenvalue weighted by molar-refractivity contribution is 0.0870. The van der Waals surface area contributed by atoms with Crippen molar-refractivity contribution in [1.82, 2.24) is 4.31 Å². The maximum Gasteiger partial charge on any atom is 0.269 e. The third kappa shape index (κ3) is 2.07. The predicted molar refractivity (Wildman–Crippen MR) is 67.8 cm³/mol. The van der Waals surface area contributed by atoms with Gasteiger partial charge in [0.2, 0.25) is 0 Å². The number of sulfonamides is 1. The third-order valence-electron chi connectivity index (χ3n) is 2.68. The van der Waals surface area contributed by atoms with Crippen molar-refractivity contribution in [2.24, 2.45) is 0 Å². The average molecular weight is 271 g/mol. The zero-order valence-corrected chi connectivity index (χ0v) is 10.9. The standard InChI is InChI=1S/C11H13NO3S2/c13-11-9-5-1-2-6-10(9)17(14,15)12(11)7-3-4-8-16/h1-2,5-6,16H,3-4,7-8H2. The molecule has 0 unspecified atom stereocenters. The van der Waals surface area contributed by atoms with E-state index in [0.717, 1.165) is 10.7 Å². The molecule has 1 amide bonds. The number of rotatable bonds is 4. The van der Waals surface area contributed by atoms with Gasteiger partial charge in [0.05, 0.1) is 5.56 Å². The number of carbonyl (C=O) groups is 1. The molecule has 0 atom stereocenters. The maximum absolute atomic E-state index is 12.1. The summed E-state index contributed by atoms with van der Waals surface area (Å²) in [5, 5.41) is 0. The van der Waals surface area contributed by atoms with E-state index >= 15 is 0 Å². The van der Waals surface area contributed by atoms with Crippen LogP contribution >= 0.6 is 12.6 Å². The fourth-order valence-electron chi connectivity index (χ4n) is 1.82. The highest BCUT2D eigenvalue weighted by Gasteiger charge is 2.40. The average Bonchev–Trinajstić information content (AvgIpc) is 2.51. The van der Waals surface area contributed by atoms with Gasteiger partial charge in [0.1, 0.15) is 4.90 Å². The molecule has 0 fully saturated rings. The zero-order valence-electron chi connectivity index (χ0n) is 9.17. The lowest BCUT2D eigenvalue weighted by Gasteiger charge is -2.14. The van der Waals surface area contributed by atoms with Crippen LogP contribution in [0.25, 0.3) is 0 Å². The first kappa shape index (κ1) is 12.4. The fraction of sp³-hybridized carbons (Fsp3) is 0.364. The van der Waals surface area contributed by atoms with Crippen molar-refractivity contribution < 1.29 is 13.2 Å². The van der Waals surface area contributed by atoms with Crippen molar-refractivity contribution in [2.75, 3.05) is 12.3 Å². The number of thiol groups is 1. The van der Waals surface area contributed by atoms with Crippen LogP contribution in [0.3, 0.4) is 0 Å². The van der Waals surface area contributed by atoms with Gasteiger partial charge in [-0.15, -0.1) is 0 Å². The minimum absolute atomic E-state index is 0.121. The molecule has 1 heterocycles. The molecule has 4 nitrogen and oxygen atoms in total. The topological polar surface area (TPSA) is 54.5 Å². The summed E-state index contributed by atoms with van der Waals surface area (Å²) in [5.74, 6) is 0.273. The van der Waals surface area contributed by atoms with Crippen LogP contribution in [0.2, 0.25) is 0 Å². The van der Waals surface area contributed by atoms with Crippen molar-refractivity contribution >= 4 is 28.6 Å². The molecule has 1 aliphatic heterocycles. The molecule has 0 aromatic heterocycles. The summed E-state index contributed by atoms with van der Waals surface area (Å²) >= 11 is 4.06. The summed E-state index contributed by atoms with van der Waals surface area (Å²) in [7, 11) is -3.62. The SMILES string of the molecule is O=C1c2ccccc2S(=O)(=O)N1CCCCS. The van der Waals surface area contributed by atoms with Gasteiger partial charge in [-0.05, 0) is 30.7 Å². The van der Waals surface area contributed by atoms with Crippen LogP contribution in [0, 0.1) is 0 Å². The van der Waals surface area contributed by atoms with Gasteiger partial charge in [0.15, 0.2) is 0 Å². The van der Waals surface area contributed by atoms with Crippen LogP contribution in [-0.4, -0.2) is 30.9 Å². The molecule has 1 aromatic rings. The number of hydrogen-bond acceptors (Lipinski definition) is 4. The molecule has 0 bridgehead atoms. The molecule has 92 valence electrons. The van der Waals surface area contributed by atoms with E-state index < -0.39 is 15.9 Å². The quantitative estimate of drug-likeness (QED) is 0.667. The van der Waals surface area contributed by atoms with E-state index in [0.29, 0.717) is 12.2 Å². The van der Waals surface area contributed by atoms with Gasteiger partial charge in [0, 0.05) is 6.54 Å². The Kier molecular flexibility index (Phi) is 3.44. The molecule has 0 radical (unpaired) electrons. The highest BCUT2D eigenvalue weighted by Crippen LogP contribution is 2.29. The molecule has 17 heavy (non-hydrogen) atoms. The molecule has 0 aliphatic carbocycles. The molecule has 0 spiro atoms.